The summed E-state index contributed by atoms with van der Waals surface area (Å²) in [5.41, 5.74) is 5.96. The molecule has 5 heteroatoms. The Morgan fingerprint density at radius 3 is 2.69 bits per heavy atom. The van der Waals surface area contributed by atoms with Crippen LogP contribution in [-0.4, -0.2) is 35.6 Å². The molecule has 1 aromatic rings. The summed E-state index contributed by atoms with van der Waals surface area (Å²) in [6, 6.07) is 3.59. The van der Waals surface area contributed by atoms with Gasteiger partial charge in [-0.3, -0.25) is 5.41 Å². The lowest BCUT2D eigenvalue weighted by Gasteiger charge is -2.22. The van der Waals surface area contributed by atoms with E-state index in [9.17, 15) is 0 Å². The molecule has 0 aliphatic carbocycles. The van der Waals surface area contributed by atoms with Crippen LogP contribution in [0.25, 0.3) is 0 Å². The maximum atomic E-state index is 8.94. The first-order valence-corrected chi connectivity index (χ1v) is 5.35. The van der Waals surface area contributed by atoms with Crippen LogP contribution in [0, 0.1) is 5.41 Å². The molecule has 0 aliphatic heterocycles. The smallest absolute Gasteiger partial charge is 0.128 e. The molecule has 0 spiro atoms. The molecule has 88 valence electrons. The largest absolute Gasteiger partial charge is 0.395 e. The molecule has 0 atom stereocenters. The molecule has 4 N–H and O–H groups in total. The van der Waals surface area contributed by atoms with Gasteiger partial charge in [-0.1, -0.05) is 6.92 Å². The van der Waals surface area contributed by atoms with Crippen LogP contribution in [0.5, 0.6) is 0 Å². The molecule has 16 heavy (non-hydrogen) atoms. The minimum atomic E-state index is 0.0169. The van der Waals surface area contributed by atoms with E-state index in [-0.39, 0.29) is 12.4 Å². The number of nitrogen functional groups attached to an aromatic ring is 1. The average Bonchev–Trinajstić information content (AvgIpc) is 2.29. The van der Waals surface area contributed by atoms with Crippen LogP contribution < -0.4 is 10.6 Å². The Morgan fingerprint density at radius 1 is 1.50 bits per heavy atom. The number of anilines is 1. The first kappa shape index (κ1) is 12.4. The zero-order chi connectivity index (χ0) is 12.0. The van der Waals surface area contributed by atoms with Gasteiger partial charge in [0, 0.05) is 24.8 Å². The van der Waals surface area contributed by atoms with Crippen molar-refractivity contribution in [3.63, 3.8) is 0 Å². The molecule has 0 radical (unpaired) electrons. The van der Waals surface area contributed by atoms with E-state index >= 15 is 0 Å². The highest BCUT2D eigenvalue weighted by Gasteiger charge is 2.06. The lowest BCUT2D eigenvalue weighted by molar-refractivity contribution is 0.301. The first-order valence-electron chi connectivity index (χ1n) is 5.35. The van der Waals surface area contributed by atoms with Gasteiger partial charge in [0.1, 0.15) is 11.7 Å². The van der Waals surface area contributed by atoms with Crippen LogP contribution in [-0.2, 0) is 0 Å². The number of rotatable bonds is 6. The van der Waals surface area contributed by atoms with Gasteiger partial charge in [-0.15, -0.1) is 0 Å². The third-order valence-corrected chi connectivity index (χ3v) is 2.25. The fourth-order valence-corrected chi connectivity index (χ4v) is 1.46. The Bertz CT molecular complexity index is 330. The fraction of sp³-hybridized carbons (Fsp3) is 0.455. The van der Waals surface area contributed by atoms with Gasteiger partial charge >= 0.3 is 0 Å². The van der Waals surface area contributed by atoms with Crippen molar-refractivity contribution in [3.05, 3.63) is 23.9 Å². The third kappa shape index (κ3) is 3.20. The summed E-state index contributed by atoms with van der Waals surface area (Å²) >= 11 is 0. The van der Waals surface area contributed by atoms with E-state index in [1.807, 2.05) is 11.0 Å². The summed E-state index contributed by atoms with van der Waals surface area (Å²) < 4.78 is 0. The predicted octanol–water partition coefficient (Wildman–Crippen LogP) is 0.574. The van der Waals surface area contributed by atoms with E-state index in [2.05, 4.69) is 11.9 Å². The summed E-state index contributed by atoms with van der Waals surface area (Å²) in [7, 11) is 0. The molecule has 0 aromatic carbocycles. The number of nitrogens with zero attached hydrogens (tertiary/aromatic N) is 2. The molecule has 5 nitrogen and oxygen atoms in total. The SMILES string of the molecule is CCCN(CCO)c1ccc(C(=N)N)cn1. The Hall–Kier alpha value is -1.62. The number of aliphatic hydroxyl groups is 1. The second-order valence-electron chi connectivity index (χ2n) is 3.53. The Kier molecular flexibility index (Phi) is 4.72. The molecule has 0 fully saturated rings. The van der Waals surface area contributed by atoms with Crippen LogP contribution >= 0.6 is 0 Å². The summed E-state index contributed by atoms with van der Waals surface area (Å²) in [6.07, 6.45) is 2.58. The Labute approximate surface area is 95.4 Å². The maximum absolute atomic E-state index is 8.94. The highest BCUT2D eigenvalue weighted by molar-refractivity contribution is 5.94. The summed E-state index contributed by atoms with van der Waals surface area (Å²) in [4.78, 5) is 6.24. The number of aromatic nitrogens is 1. The monoisotopic (exact) mass is 222 g/mol. The van der Waals surface area contributed by atoms with Crippen molar-refractivity contribution in [1.82, 2.24) is 4.98 Å². The molecular weight excluding hydrogens is 204 g/mol. The van der Waals surface area contributed by atoms with Crippen molar-refractivity contribution in [2.24, 2.45) is 5.73 Å². The molecule has 0 amide bonds. The molecule has 1 rings (SSSR count). The van der Waals surface area contributed by atoms with Crippen molar-refractivity contribution >= 4 is 11.7 Å². The standard InChI is InChI=1S/C11H18N4O/c1-2-5-15(6-7-16)10-4-3-9(8-14-10)11(12)13/h3-4,8,16H,2,5-7H2,1H3,(H3,12,13). The number of amidine groups is 1. The zero-order valence-electron chi connectivity index (χ0n) is 9.48. The van der Waals surface area contributed by atoms with E-state index in [1.54, 1.807) is 12.3 Å². The predicted molar refractivity (Wildman–Crippen MR) is 64.8 cm³/mol. The second-order valence-corrected chi connectivity index (χ2v) is 3.53. The Balaban J connectivity index is 2.80. The highest BCUT2D eigenvalue weighted by Crippen LogP contribution is 2.11. The minimum absolute atomic E-state index is 0.0169. The van der Waals surface area contributed by atoms with Gasteiger partial charge in [-0.2, -0.15) is 0 Å². The van der Waals surface area contributed by atoms with E-state index in [4.69, 9.17) is 16.2 Å². The lowest BCUT2D eigenvalue weighted by atomic mass is 10.2. The van der Waals surface area contributed by atoms with Gasteiger partial charge < -0.3 is 15.7 Å². The van der Waals surface area contributed by atoms with Crippen LogP contribution in [0.4, 0.5) is 5.82 Å². The van der Waals surface area contributed by atoms with Crippen molar-refractivity contribution in [3.8, 4) is 0 Å². The minimum Gasteiger partial charge on any atom is -0.395 e. The number of nitrogens with two attached hydrogens (primary N) is 1. The first-order chi connectivity index (χ1) is 7.69. The van der Waals surface area contributed by atoms with Crippen LogP contribution in [0.3, 0.4) is 0 Å². The van der Waals surface area contributed by atoms with Crippen molar-refractivity contribution < 1.29 is 5.11 Å². The van der Waals surface area contributed by atoms with E-state index < -0.39 is 0 Å². The molecule has 1 heterocycles. The van der Waals surface area contributed by atoms with Gasteiger partial charge in [-0.05, 0) is 18.6 Å². The number of aliphatic hydroxyl groups excluding tert-OH is 1. The lowest BCUT2D eigenvalue weighted by Crippen LogP contribution is -2.28. The molecule has 0 saturated heterocycles. The maximum Gasteiger partial charge on any atom is 0.128 e. The normalized spacial score (nSPS) is 10.1. The molecular formula is C11H18N4O. The summed E-state index contributed by atoms with van der Waals surface area (Å²) in [5, 5.41) is 16.2. The zero-order valence-corrected chi connectivity index (χ0v) is 9.48. The van der Waals surface area contributed by atoms with Gasteiger partial charge in [0.15, 0.2) is 0 Å². The van der Waals surface area contributed by atoms with Gasteiger partial charge in [0.25, 0.3) is 0 Å². The van der Waals surface area contributed by atoms with Crippen LogP contribution in [0.1, 0.15) is 18.9 Å². The van der Waals surface area contributed by atoms with Crippen LogP contribution in [0.15, 0.2) is 18.3 Å². The van der Waals surface area contributed by atoms with E-state index in [1.165, 1.54) is 0 Å². The highest BCUT2D eigenvalue weighted by atomic mass is 16.3. The van der Waals surface area contributed by atoms with E-state index in [0.29, 0.717) is 12.1 Å². The van der Waals surface area contributed by atoms with Crippen molar-refractivity contribution in [2.45, 2.75) is 13.3 Å². The number of hydrogen-bond acceptors (Lipinski definition) is 4. The number of pyridine rings is 1. The average molecular weight is 222 g/mol. The van der Waals surface area contributed by atoms with E-state index in [0.717, 1.165) is 18.8 Å². The topological polar surface area (TPSA) is 86.2 Å². The third-order valence-electron chi connectivity index (χ3n) is 2.25. The number of nitrogens with one attached hydrogen (secondary N) is 1. The summed E-state index contributed by atoms with van der Waals surface area (Å²) in [6.45, 7) is 3.61. The molecule has 0 unspecified atom stereocenters. The van der Waals surface area contributed by atoms with Gasteiger partial charge in [0.2, 0.25) is 0 Å². The number of hydrogen-bond donors (Lipinski definition) is 3. The van der Waals surface area contributed by atoms with Crippen molar-refractivity contribution in [2.75, 3.05) is 24.6 Å². The molecule has 0 aliphatic rings. The second kappa shape index (κ2) is 6.07. The van der Waals surface area contributed by atoms with Gasteiger partial charge in [0.05, 0.1) is 6.61 Å². The summed E-state index contributed by atoms with van der Waals surface area (Å²) in [5.74, 6) is 0.823. The Morgan fingerprint density at radius 2 is 2.25 bits per heavy atom. The van der Waals surface area contributed by atoms with Crippen molar-refractivity contribution in [1.29, 1.82) is 5.41 Å². The fourth-order valence-electron chi connectivity index (χ4n) is 1.46. The molecule has 1 aromatic heterocycles. The molecule has 0 bridgehead atoms. The molecule has 0 saturated carbocycles. The van der Waals surface area contributed by atoms with Gasteiger partial charge in [-0.25, -0.2) is 4.98 Å². The quantitative estimate of drug-likeness (QED) is 0.485. The van der Waals surface area contributed by atoms with Crippen LogP contribution in [0.2, 0.25) is 0 Å².